The van der Waals surface area contributed by atoms with Gasteiger partial charge in [0.2, 0.25) is 5.91 Å². The number of hydrogen-bond donors (Lipinski definition) is 0. The number of carbonyl (C=O) groups is 1. The molecule has 2 aliphatic rings. The first-order valence-electron chi connectivity index (χ1n) is 10.5. The monoisotopic (exact) mass is 421 g/mol. The fourth-order valence-corrected chi connectivity index (χ4v) is 4.39. The molecule has 158 valence electrons. The van der Waals surface area contributed by atoms with Gasteiger partial charge in [0.05, 0.1) is 16.8 Å². The topological polar surface area (TPSA) is 58.3 Å². The van der Waals surface area contributed by atoms with Crippen LogP contribution in [0.5, 0.6) is 5.75 Å². The van der Waals surface area contributed by atoms with E-state index in [4.69, 9.17) is 0 Å². The number of amides is 1. The van der Waals surface area contributed by atoms with Crippen molar-refractivity contribution in [2.24, 2.45) is 5.92 Å². The summed E-state index contributed by atoms with van der Waals surface area (Å²) in [5, 5.41) is 10.7. The molecule has 0 N–H and O–H groups in total. The summed E-state index contributed by atoms with van der Waals surface area (Å²) in [5.41, 5.74) is 3.72. The Labute approximate surface area is 178 Å². The van der Waals surface area contributed by atoms with Crippen molar-refractivity contribution in [3.05, 3.63) is 48.0 Å². The molecule has 1 saturated carbocycles. The van der Waals surface area contributed by atoms with Crippen LogP contribution in [0.25, 0.3) is 22.2 Å². The number of benzene rings is 2. The number of carbonyl (C=O) groups excluding carboxylic acids is 1. The maximum atomic E-state index is 12.7. The third-order valence-corrected chi connectivity index (χ3v) is 6.04. The summed E-state index contributed by atoms with van der Waals surface area (Å²) < 4.78 is 32.1. The molecule has 5 rings (SSSR count). The van der Waals surface area contributed by atoms with Gasteiger partial charge >= 0.3 is 6.61 Å². The van der Waals surface area contributed by atoms with E-state index in [0.717, 1.165) is 60.2 Å². The van der Waals surface area contributed by atoms with Crippen molar-refractivity contribution in [2.45, 2.75) is 38.8 Å². The molecule has 2 heterocycles. The number of anilines is 1. The number of ether oxygens (including phenoxy) is 1. The Morgan fingerprint density at radius 1 is 1.16 bits per heavy atom. The maximum absolute atomic E-state index is 12.7. The molecule has 2 fully saturated rings. The molecule has 1 aromatic heterocycles. The van der Waals surface area contributed by atoms with Gasteiger partial charge in [-0.15, -0.1) is 0 Å². The van der Waals surface area contributed by atoms with E-state index in [0.29, 0.717) is 17.9 Å². The minimum Gasteiger partial charge on any atom is -0.435 e. The Morgan fingerprint density at radius 2 is 1.94 bits per heavy atom. The first kappa shape index (κ1) is 19.6. The first-order chi connectivity index (χ1) is 15.0. The maximum Gasteiger partial charge on any atom is 0.387 e. The van der Waals surface area contributed by atoms with Crippen LogP contribution in [0.1, 0.15) is 31.2 Å². The van der Waals surface area contributed by atoms with Gasteiger partial charge in [-0.05, 0) is 55.0 Å². The Kier molecular flexibility index (Phi) is 4.85. The molecule has 7 heteroatoms. The number of hydrogen-bond acceptors (Lipinski definition) is 3. The lowest BCUT2D eigenvalue weighted by atomic mass is 10.1. The second kappa shape index (κ2) is 7.69. The highest BCUT2D eigenvalue weighted by Gasteiger charge is 2.27. The van der Waals surface area contributed by atoms with Gasteiger partial charge < -0.3 is 14.2 Å². The van der Waals surface area contributed by atoms with Gasteiger partial charge in [-0.2, -0.15) is 14.0 Å². The summed E-state index contributed by atoms with van der Waals surface area (Å²) in [7, 11) is 0. The molecule has 1 amide bonds. The van der Waals surface area contributed by atoms with E-state index in [1.165, 1.54) is 6.07 Å². The van der Waals surface area contributed by atoms with E-state index >= 15 is 0 Å². The Balaban J connectivity index is 1.62. The molecule has 3 aromatic rings. The van der Waals surface area contributed by atoms with Crippen molar-refractivity contribution in [3.8, 4) is 23.1 Å². The zero-order valence-corrected chi connectivity index (χ0v) is 16.9. The van der Waals surface area contributed by atoms with Crippen molar-refractivity contribution >= 4 is 22.5 Å². The number of nitriles is 1. The molecule has 0 unspecified atom stereocenters. The summed E-state index contributed by atoms with van der Waals surface area (Å²) in [4.78, 5) is 13.8. The number of nitrogens with zero attached hydrogens (tertiary/aromatic N) is 3. The zero-order chi connectivity index (χ0) is 21.5. The third kappa shape index (κ3) is 3.63. The quantitative estimate of drug-likeness (QED) is 0.541. The minimum absolute atomic E-state index is 0.0796. The largest absolute Gasteiger partial charge is 0.435 e. The van der Waals surface area contributed by atoms with E-state index in [1.54, 1.807) is 17.0 Å². The number of fused-ring (bicyclic) bond motifs is 1. The van der Waals surface area contributed by atoms with Crippen molar-refractivity contribution in [3.63, 3.8) is 0 Å². The van der Waals surface area contributed by atoms with E-state index in [9.17, 15) is 18.8 Å². The van der Waals surface area contributed by atoms with Gasteiger partial charge in [0.25, 0.3) is 0 Å². The number of halogens is 2. The lowest BCUT2D eigenvalue weighted by Crippen LogP contribution is -2.23. The van der Waals surface area contributed by atoms with Gasteiger partial charge in [0.1, 0.15) is 11.8 Å². The molecule has 0 spiro atoms. The number of aromatic nitrogens is 1. The molecule has 0 bridgehead atoms. The van der Waals surface area contributed by atoms with Crippen molar-refractivity contribution in [2.75, 3.05) is 11.4 Å². The number of alkyl halides is 2. The highest BCUT2D eigenvalue weighted by Crippen LogP contribution is 2.40. The smallest absolute Gasteiger partial charge is 0.387 e. The fraction of sp³-hybridized carbons (Fsp3) is 0.333. The normalized spacial score (nSPS) is 16.3. The van der Waals surface area contributed by atoms with Crippen LogP contribution >= 0.6 is 0 Å². The van der Waals surface area contributed by atoms with Crippen LogP contribution in [0.15, 0.2) is 42.5 Å². The average Bonchev–Trinajstić information content (AvgIpc) is 3.39. The molecule has 31 heavy (non-hydrogen) atoms. The Hall–Kier alpha value is -3.40. The van der Waals surface area contributed by atoms with Crippen molar-refractivity contribution in [1.82, 2.24) is 4.57 Å². The van der Waals surface area contributed by atoms with Crippen LogP contribution in [0.4, 0.5) is 14.5 Å². The molecule has 5 nitrogen and oxygen atoms in total. The van der Waals surface area contributed by atoms with Gasteiger partial charge in [0, 0.05) is 36.7 Å². The molecule has 0 atom stereocenters. The molecule has 1 aliphatic carbocycles. The fourth-order valence-electron chi connectivity index (χ4n) is 4.39. The summed E-state index contributed by atoms with van der Waals surface area (Å²) in [6.07, 6.45) is 3.66. The SMILES string of the molecule is N#Cc1c(-c2ccc(N3CCCC3=O)cc2)n(CC2CC2)c2cc(OC(F)F)ccc12. The summed E-state index contributed by atoms with van der Waals surface area (Å²) >= 11 is 0. The highest BCUT2D eigenvalue weighted by atomic mass is 19.3. The van der Waals surface area contributed by atoms with E-state index < -0.39 is 6.61 Å². The predicted octanol–water partition coefficient (Wildman–Crippen LogP) is 5.32. The lowest BCUT2D eigenvalue weighted by molar-refractivity contribution is -0.117. The molecular formula is C24H21F2N3O2. The minimum atomic E-state index is -2.90. The Morgan fingerprint density at radius 3 is 2.55 bits per heavy atom. The first-order valence-corrected chi connectivity index (χ1v) is 10.5. The number of rotatable bonds is 6. The van der Waals surface area contributed by atoms with E-state index in [2.05, 4.69) is 15.4 Å². The second-order valence-electron chi connectivity index (χ2n) is 8.14. The molecule has 0 radical (unpaired) electrons. The van der Waals surface area contributed by atoms with E-state index in [-0.39, 0.29) is 11.7 Å². The van der Waals surface area contributed by atoms with Gasteiger partial charge in [-0.1, -0.05) is 12.1 Å². The van der Waals surface area contributed by atoms with E-state index in [1.807, 2.05) is 24.3 Å². The van der Waals surface area contributed by atoms with Crippen molar-refractivity contribution in [1.29, 1.82) is 5.26 Å². The van der Waals surface area contributed by atoms with Crippen LogP contribution < -0.4 is 9.64 Å². The lowest BCUT2D eigenvalue weighted by Gasteiger charge is -2.17. The van der Waals surface area contributed by atoms with Crippen LogP contribution in [0.2, 0.25) is 0 Å². The highest BCUT2D eigenvalue weighted by molar-refractivity contribution is 5.97. The molecule has 2 aromatic carbocycles. The third-order valence-electron chi connectivity index (χ3n) is 6.04. The van der Waals surface area contributed by atoms with Crippen molar-refractivity contribution < 1.29 is 18.3 Å². The standard InChI is InChI=1S/C24H21F2N3O2/c25-24(26)31-18-9-10-19-20(13-27)23(29(21(19)12-18)14-15-3-4-15)16-5-7-17(8-6-16)28-11-1-2-22(28)30/h5-10,12,15,24H,1-4,11,14H2. The molecule has 1 saturated heterocycles. The second-order valence-corrected chi connectivity index (χ2v) is 8.14. The predicted molar refractivity (Wildman–Crippen MR) is 113 cm³/mol. The Bertz CT molecular complexity index is 1190. The average molecular weight is 421 g/mol. The molecular weight excluding hydrogens is 400 g/mol. The van der Waals surface area contributed by atoms with Gasteiger partial charge in [-0.25, -0.2) is 0 Å². The van der Waals surface area contributed by atoms with Crippen LogP contribution in [-0.2, 0) is 11.3 Å². The van der Waals surface area contributed by atoms with Crippen LogP contribution in [-0.4, -0.2) is 23.6 Å². The summed E-state index contributed by atoms with van der Waals surface area (Å²) in [6.45, 7) is -1.46. The van der Waals surface area contributed by atoms with Gasteiger partial charge in [-0.3, -0.25) is 4.79 Å². The molecule has 1 aliphatic heterocycles. The summed E-state index contributed by atoms with van der Waals surface area (Å²) in [5.74, 6) is 0.720. The zero-order valence-electron chi connectivity index (χ0n) is 16.9. The van der Waals surface area contributed by atoms with Crippen LogP contribution in [0, 0.1) is 17.2 Å². The van der Waals surface area contributed by atoms with Gasteiger partial charge in [0.15, 0.2) is 0 Å². The van der Waals surface area contributed by atoms with Crippen LogP contribution in [0.3, 0.4) is 0 Å². The summed E-state index contributed by atoms with van der Waals surface area (Å²) in [6, 6.07) is 14.7.